The van der Waals surface area contributed by atoms with Crippen molar-refractivity contribution in [2.24, 2.45) is 0 Å². The molecule has 1 saturated heterocycles. The highest BCUT2D eigenvalue weighted by Gasteiger charge is 2.18. The molecule has 1 aliphatic rings. The van der Waals surface area contributed by atoms with Crippen LogP contribution in [-0.4, -0.2) is 28.0 Å². The lowest BCUT2D eigenvalue weighted by molar-refractivity contribution is 0.129. The van der Waals surface area contributed by atoms with Crippen molar-refractivity contribution in [1.82, 2.24) is 9.55 Å². The van der Waals surface area contributed by atoms with E-state index in [-0.39, 0.29) is 5.56 Å². The van der Waals surface area contributed by atoms with Crippen LogP contribution in [0.1, 0.15) is 26.2 Å². The van der Waals surface area contributed by atoms with Gasteiger partial charge in [0.2, 0.25) is 0 Å². The minimum absolute atomic E-state index is 0.0669. The summed E-state index contributed by atoms with van der Waals surface area (Å²) < 4.78 is 7.46. The van der Waals surface area contributed by atoms with Crippen LogP contribution in [0.25, 0.3) is 10.9 Å². The molecule has 0 amide bonds. The molecule has 1 aliphatic heterocycles. The third kappa shape index (κ3) is 3.14. The van der Waals surface area contributed by atoms with Gasteiger partial charge in [-0.2, -0.15) is 0 Å². The van der Waals surface area contributed by atoms with E-state index in [1.54, 1.807) is 11.8 Å². The number of hydrogen-bond donors (Lipinski definition) is 0. The summed E-state index contributed by atoms with van der Waals surface area (Å²) in [4.78, 5) is 17.3. The van der Waals surface area contributed by atoms with Gasteiger partial charge in [-0.3, -0.25) is 9.36 Å². The lowest BCUT2D eigenvalue weighted by Crippen LogP contribution is -2.24. The summed E-state index contributed by atoms with van der Waals surface area (Å²) in [6, 6.07) is 7.57. The van der Waals surface area contributed by atoms with Crippen molar-refractivity contribution in [1.29, 1.82) is 0 Å². The fourth-order valence-corrected chi connectivity index (χ4v) is 3.71. The van der Waals surface area contributed by atoms with Gasteiger partial charge in [0.15, 0.2) is 5.16 Å². The number of rotatable bonds is 5. The number of nitrogens with zero attached hydrogens (tertiary/aromatic N) is 2. The summed E-state index contributed by atoms with van der Waals surface area (Å²) in [5.41, 5.74) is 0.849. The maximum atomic E-state index is 12.6. The average Bonchev–Trinajstić information content (AvgIpc) is 3.02. The molecule has 3 rings (SSSR count). The van der Waals surface area contributed by atoms with E-state index in [2.05, 4.69) is 11.9 Å². The Morgan fingerprint density at radius 2 is 2.29 bits per heavy atom. The maximum absolute atomic E-state index is 12.6. The fourth-order valence-electron chi connectivity index (χ4n) is 2.62. The first kappa shape index (κ1) is 14.6. The van der Waals surface area contributed by atoms with Crippen molar-refractivity contribution in [3.63, 3.8) is 0 Å². The van der Waals surface area contributed by atoms with E-state index in [4.69, 9.17) is 4.74 Å². The first-order chi connectivity index (χ1) is 10.3. The van der Waals surface area contributed by atoms with Crippen LogP contribution in [0.4, 0.5) is 0 Å². The van der Waals surface area contributed by atoms with E-state index in [1.165, 1.54) is 0 Å². The van der Waals surface area contributed by atoms with Crippen LogP contribution < -0.4 is 5.56 Å². The van der Waals surface area contributed by atoms with E-state index in [1.807, 2.05) is 28.8 Å². The van der Waals surface area contributed by atoms with Gasteiger partial charge in [0.05, 0.1) is 17.0 Å². The lowest BCUT2D eigenvalue weighted by Gasteiger charge is -2.14. The Kier molecular flexibility index (Phi) is 4.60. The molecule has 4 nitrogen and oxygen atoms in total. The van der Waals surface area contributed by atoms with Gasteiger partial charge < -0.3 is 4.74 Å². The molecule has 0 radical (unpaired) electrons. The second-order valence-corrected chi connectivity index (χ2v) is 6.30. The smallest absolute Gasteiger partial charge is 0.262 e. The van der Waals surface area contributed by atoms with Gasteiger partial charge in [-0.1, -0.05) is 30.8 Å². The molecule has 1 unspecified atom stereocenters. The Labute approximate surface area is 128 Å². The molecule has 2 aromatic rings. The van der Waals surface area contributed by atoms with Gasteiger partial charge in [-0.15, -0.1) is 0 Å². The van der Waals surface area contributed by atoms with Crippen molar-refractivity contribution in [2.45, 2.75) is 44.0 Å². The zero-order valence-electron chi connectivity index (χ0n) is 12.2. The molecule has 1 aromatic heterocycles. The Balaban J connectivity index is 1.94. The third-order valence-electron chi connectivity index (χ3n) is 3.70. The molecular weight excluding hydrogens is 284 g/mol. The van der Waals surface area contributed by atoms with Gasteiger partial charge in [-0.25, -0.2) is 4.98 Å². The largest absolute Gasteiger partial charge is 0.377 e. The number of thioether (sulfide) groups is 1. The number of ether oxygens (including phenoxy) is 1. The fraction of sp³-hybridized carbons (Fsp3) is 0.500. The second kappa shape index (κ2) is 6.62. The number of aromatic nitrogens is 2. The van der Waals surface area contributed by atoms with Gasteiger partial charge in [-0.05, 0) is 31.4 Å². The number of benzene rings is 1. The summed E-state index contributed by atoms with van der Waals surface area (Å²) in [7, 11) is 0. The molecule has 1 fully saturated rings. The summed E-state index contributed by atoms with van der Waals surface area (Å²) in [5, 5.41) is 1.52. The van der Waals surface area contributed by atoms with Crippen LogP contribution in [-0.2, 0) is 11.3 Å². The molecule has 1 aromatic carbocycles. The van der Waals surface area contributed by atoms with Crippen LogP contribution in [0.15, 0.2) is 34.2 Å². The highest BCUT2D eigenvalue weighted by atomic mass is 32.2. The highest BCUT2D eigenvalue weighted by Crippen LogP contribution is 2.23. The molecule has 112 valence electrons. The maximum Gasteiger partial charge on any atom is 0.262 e. The first-order valence-electron chi connectivity index (χ1n) is 7.53. The minimum atomic E-state index is 0.0669. The van der Waals surface area contributed by atoms with Gasteiger partial charge in [0.25, 0.3) is 5.56 Å². The van der Waals surface area contributed by atoms with Crippen LogP contribution in [0.3, 0.4) is 0 Å². The van der Waals surface area contributed by atoms with Crippen molar-refractivity contribution in [2.75, 3.05) is 12.4 Å². The molecule has 5 heteroatoms. The normalized spacial score (nSPS) is 18.4. The zero-order chi connectivity index (χ0) is 14.7. The molecule has 2 heterocycles. The standard InChI is InChI=1S/C16H20N2O2S/c1-2-9-18-15(19)13-7-3-4-8-14(13)17-16(18)21-11-12-6-5-10-20-12/h3-4,7-8,12H,2,5-6,9-11H2,1H3. The highest BCUT2D eigenvalue weighted by molar-refractivity contribution is 7.99. The number of para-hydroxylation sites is 1. The van der Waals surface area contributed by atoms with Crippen LogP contribution in [0, 0.1) is 0 Å². The molecular formula is C16H20N2O2S. The average molecular weight is 304 g/mol. The summed E-state index contributed by atoms with van der Waals surface area (Å²) in [6.45, 7) is 3.65. The van der Waals surface area contributed by atoms with Crippen LogP contribution in [0.5, 0.6) is 0 Å². The molecule has 0 saturated carbocycles. The van der Waals surface area contributed by atoms with Crippen molar-refractivity contribution in [3.8, 4) is 0 Å². The Hall–Kier alpha value is -1.33. The molecule has 0 spiro atoms. The molecule has 1 atom stereocenters. The topological polar surface area (TPSA) is 44.1 Å². The van der Waals surface area contributed by atoms with Crippen LogP contribution >= 0.6 is 11.8 Å². The Bertz CT molecular complexity index is 678. The zero-order valence-corrected chi connectivity index (χ0v) is 13.1. The minimum Gasteiger partial charge on any atom is -0.377 e. The Morgan fingerprint density at radius 3 is 3.05 bits per heavy atom. The number of hydrogen-bond acceptors (Lipinski definition) is 4. The summed E-state index contributed by atoms with van der Waals surface area (Å²) in [6.07, 6.45) is 3.47. The lowest BCUT2D eigenvalue weighted by atomic mass is 10.2. The first-order valence-corrected chi connectivity index (χ1v) is 8.52. The van der Waals surface area contributed by atoms with E-state index in [9.17, 15) is 4.79 Å². The van der Waals surface area contributed by atoms with Gasteiger partial charge >= 0.3 is 0 Å². The van der Waals surface area contributed by atoms with Gasteiger partial charge in [0, 0.05) is 18.9 Å². The molecule has 0 bridgehead atoms. The van der Waals surface area contributed by atoms with Crippen molar-refractivity contribution < 1.29 is 4.74 Å². The van der Waals surface area contributed by atoms with Gasteiger partial charge in [0.1, 0.15) is 0 Å². The Morgan fingerprint density at radius 1 is 1.43 bits per heavy atom. The molecule has 0 N–H and O–H groups in total. The third-order valence-corrected chi connectivity index (χ3v) is 4.80. The predicted octanol–water partition coefficient (Wildman–Crippen LogP) is 3.08. The second-order valence-electron chi connectivity index (χ2n) is 5.31. The van der Waals surface area contributed by atoms with E-state index >= 15 is 0 Å². The van der Waals surface area contributed by atoms with Crippen molar-refractivity contribution in [3.05, 3.63) is 34.6 Å². The van der Waals surface area contributed by atoms with E-state index in [0.29, 0.717) is 18.0 Å². The number of fused-ring (bicyclic) bond motifs is 1. The van der Waals surface area contributed by atoms with Crippen LogP contribution in [0.2, 0.25) is 0 Å². The monoisotopic (exact) mass is 304 g/mol. The van der Waals surface area contributed by atoms with Crippen molar-refractivity contribution >= 4 is 22.7 Å². The van der Waals surface area contributed by atoms with E-state index < -0.39 is 0 Å². The van der Waals surface area contributed by atoms with E-state index in [0.717, 1.165) is 42.3 Å². The molecule has 21 heavy (non-hydrogen) atoms. The summed E-state index contributed by atoms with van der Waals surface area (Å²) >= 11 is 1.64. The quantitative estimate of drug-likeness (QED) is 0.629. The SMILES string of the molecule is CCCn1c(SCC2CCCO2)nc2ccccc2c1=O. The molecule has 0 aliphatic carbocycles. The summed E-state index contributed by atoms with van der Waals surface area (Å²) in [5.74, 6) is 0.870. The predicted molar refractivity (Wildman–Crippen MR) is 86.0 cm³/mol.